The molecule has 0 saturated heterocycles. The third-order valence-corrected chi connectivity index (χ3v) is 2.80. The summed E-state index contributed by atoms with van der Waals surface area (Å²) in [4.78, 5) is 11.5. The topological polar surface area (TPSA) is 44.8 Å². The maximum Gasteiger partial charge on any atom is 0.308 e. The summed E-state index contributed by atoms with van der Waals surface area (Å²) in [5.41, 5.74) is 2.06. The molecule has 1 aromatic rings. The van der Waals surface area contributed by atoms with Crippen LogP contribution in [0.3, 0.4) is 0 Å². The van der Waals surface area contributed by atoms with E-state index in [9.17, 15) is 4.79 Å². The Morgan fingerprint density at radius 1 is 1.53 bits per heavy atom. The van der Waals surface area contributed by atoms with E-state index in [1.165, 1.54) is 0 Å². The standard InChI is InChI=1S/C13H16O4/c1-3-16-12(14)7-11-13-9(8-17-11)5-4-6-10(13)15-2/h4-6,11H,3,7-8H2,1-2H3/t11-/m1/s1. The lowest BCUT2D eigenvalue weighted by molar-refractivity contribution is -0.146. The Morgan fingerprint density at radius 3 is 3.06 bits per heavy atom. The maximum absolute atomic E-state index is 11.5. The van der Waals surface area contributed by atoms with Gasteiger partial charge in [-0.1, -0.05) is 12.1 Å². The van der Waals surface area contributed by atoms with E-state index in [-0.39, 0.29) is 18.5 Å². The average molecular weight is 236 g/mol. The van der Waals surface area contributed by atoms with Gasteiger partial charge in [0, 0.05) is 5.56 Å². The third-order valence-electron chi connectivity index (χ3n) is 2.80. The fourth-order valence-electron chi connectivity index (χ4n) is 2.06. The van der Waals surface area contributed by atoms with E-state index in [1.807, 2.05) is 18.2 Å². The van der Waals surface area contributed by atoms with Crippen LogP contribution in [0, 0.1) is 0 Å². The molecule has 1 heterocycles. The van der Waals surface area contributed by atoms with Gasteiger partial charge >= 0.3 is 5.97 Å². The second kappa shape index (κ2) is 5.19. The summed E-state index contributed by atoms with van der Waals surface area (Å²) in [5, 5.41) is 0. The Morgan fingerprint density at radius 2 is 2.35 bits per heavy atom. The van der Waals surface area contributed by atoms with Crippen molar-refractivity contribution in [1.82, 2.24) is 0 Å². The molecule has 4 nitrogen and oxygen atoms in total. The van der Waals surface area contributed by atoms with Crippen LogP contribution in [0.4, 0.5) is 0 Å². The molecule has 1 atom stereocenters. The first-order valence-corrected chi connectivity index (χ1v) is 5.69. The summed E-state index contributed by atoms with van der Waals surface area (Å²) in [7, 11) is 1.62. The van der Waals surface area contributed by atoms with Crippen molar-refractivity contribution in [1.29, 1.82) is 0 Å². The van der Waals surface area contributed by atoms with E-state index in [2.05, 4.69) is 0 Å². The number of methoxy groups -OCH3 is 1. The number of hydrogen-bond acceptors (Lipinski definition) is 4. The van der Waals surface area contributed by atoms with Crippen molar-refractivity contribution in [3.05, 3.63) is 29.3 Å². The lowest BCUT2D eigenvalue weighted by atomic mass is 10.0. The van der Waals surface area contributed by atoms with E-state index in [4.69, 9.17) is 14.2 Å². The number of hydrogen-bond donors (Lipinski definition) is 0. The Labute approximate surface area is 100 Å². The van der Waals surface area contributed by atoms with Gasteiger partial charge in [-0.2, -0.15) is 0 Å². The molecule has 0 bridgehead atoms. The lowest BCUT2D eigenvalue weighted by Gasteiger charge is -2.13. The van der Waals surface area contributed by atoms with Crippen LogP contribution in [-0.4, -0.2) is 19.7 Å². The lowest BCUT2D eigenvalue weighted by Crippen LogP contribution is -2.10. The van der Waals surface area contributed by atoms with Crippen molar-refractivity contribution in [2.75, 3.05) is 13.7 Å². The first-order valence-electron chi connectivity index (χ1n) is 5.69. The van der Waals surface area contributed by atoms with Crippen molar-refractivity contribution in [3.8, 4) is 5.75 Å². The second-order valence-electron chi connectivity index (χ2n) is 3.84. The predicted octanol–water partition coefficient (Wildman–Crippen LogP) is 2.22. The number of carbonyl (C=O) groups is 1. The molecule has 1 aliphatic heterocycles. The van der Waals surface area contributed by atoms with E-state index < -0.39 is 0 Å². The van der Waals surface area contributed by atoms with Crippen LogP contribution in [0.1, 0.15) is 30.6 Å². The molecular formula is C13H16O4. The molecule has 0 radical (unpaired) electrons. The van der Waals surface area contributed by atoms with Gasteiger partial charge in [-0.3, -0.25) is 4.79 Å². The van der Waals surface area contributed by atoms with Gasteiger partial charge in [0.2, 0.25) is 0 Å². The Balaban J connectivity index is 2.18. The number of esters is 1. The maximum atomic E-state index is 11.5. The predicted molar refractivity (Wildman–Crippen MR) is 61.8 cm³/mol. The molecule has 0 aliphatic carbocycles. The monoisotopic (exact) mass is 236 g/mol. The van der Waals surface area contributed by atoms with Crippen molar-refractivity contribution in [2.45, 2.75) is 26.1 Å². The van der Waals surface area contributed by atoms with Crippen LogP contribution in [0.5, 0.6) is 5.75 Å². The summed E-state index contributed by atoms with van der Waals surface area (Å²) in [6.45, 7) is 2.71. The minimum atomic E-state index is -0.250. The third kappa shape index (κ3) is 2.42. The molecule has 17 heavy (non-hydrogen) atoms. The number of ether oxygens (including phenoxy) is 3. The number of rotatable bonds is 4. The van der Waals surface area contributed by atoms with Gasteiger partial charge < -0.3 is 14.2 Å². The minimum Gasteiger partial charge on any atom is -0.496 e. The second-order valence-corrected chi connectivity index (χ2v) is 3.84. The van der Waals surface area contributed by atoms with Crippen molar-refractivity contribution >= 4 is 5.97 Å². The zero-order valence-electron chi connectivity index (χ0n) is 10.1. The Kier molecular flexibility index (Phi) is 3.64. The SMILES string of the molecule is CCOC(=O)C[C@H]1OCc2cccc(OC)c21. The molecule has 0 spiro atoms. The largest absolute Gasteiger partial charge is 0.496 e. The summed E-state index contributed by atoms with van der Waals surface area (Å²) >= 11 is 0. The summed E-state index contributed by atoms with van der Waals surface area (Å²) < 4.78 is 15.8. The van der Waals surface area contributed by atoms with E-state index in [0.717, 1.165) is 16.9 Å². The van der Waals surface area contributed by atoms with Gasteiger partial charge in [0.1, 0.15) is 5.75 Å². The van der Waals surface area contributed by atoms with Crippen LogP contribution >= 0.6 is 0 Å². The van der Waals surface area contributed by atoms with Crippen molar-refractivity contribution < 1.29 is 19.0 Å². The number of carbonyl (C=O) groups excluding carboxylic acids is 1. The van der Waals surface area contributed by atoms with Crippen LogP contribution in [0.25, 0.3) is 0 Å². The summed E-state index contributed by atoms with van der Waals surface area (Å²) in [5.74, 6) is 0.533. The van der Waals surface area contributed by atoms with Gasteiger partial charge in [-0.25, -0.2) is 0 Å². The molecule has 0 fully saturated rings. The van der Waals surface area contributed by atoms with Crippen molar-refractivity contribution in [2.24, 2.45) is 0 Å². The minimum absolute atomic E-state index is 0.237. The quantitative estimate of drug-likeness (QED) is 0.752. The van der Waals surface area contributed by atoms with Gasteiger partial charge in [0.25, 0.3) is 0 Å². The normalized spacial score (nSPS) is 17.6. The molecule has 4 heteroatoms. The summed E-state index contributed by atoms with van der Waals surface area (Å²) in [6.07, 6.45) is -0.0125. The van der Waals surface area contributed by atoms with Gasteiger partial charge in [-0.15, -0.1) is 0 Å². The molecule has 0 N–H and O–H groups in total. The zero-order valence-corrected chi connectivity index (χ0v) is 10.1. The van der Waals surface area contributed by atoms with Gasteiger partial charge in [0.05, 0.1) is 32.8 Å². The van der Waals surface area contributed by atoms with Crippen LogP contribution in [0.15, 0.2) is 18.2 Å². The smallest absolute Gasteiger partial charge is 0.308 e. The highest BCUT2D eigenvalue weighted by Crippen LogP contribution is 2.39. The molecule has 0 amide bonds. The highest BCUT2D eigenvalue weighted by Gasteiger charge is 2.29. The van der Waals surface area contributed by atoms with E-state index >= 15 is 0 Å². The molecule has 1 aliphatic rings. The summed E-state index contributed by atoms with van der Waals surface area (Å²) in [6, 6.07) is 5.79. The molecule has 92 valence electrons. The molecule has 0 unspecified atom stereocenters. The molecule has 0 aromatic heterocycles. The highest BCUT2D eigenvalue weighted by atomic mass is 16.5. The molecule has 2 rings (SSSR count). The van der Waals surface area contributed by atoms with Crippen LogP contribution in [-0.2, 0) is 20.9 Å². The van der Waals surface area contributed by atoms with Crippen LogP contribution < -0.4 is 4.74 Å². The zero-order chi connectivity index (χ0) is 12.3. The van der Waals surface area contributed by atoms with Gasteiger partial charge in [0.15, 0.2) is 0 Å². The number of fused-ring (bicyclic) bond motifs is 1. The first-order chi connectivity index (χ1) is 8.26. The fraction of sp³-hybridized carbons (Fsp3) is 0.462. The molecular weight excluding hydrogens is 220 g/mol. The molecule has 0 saturated carbocycles. The highest BCUT2D eigenvalue weighted by molar-refractivity contribution is 5.70. The van der Waals surface area contributed by atoms with Crippen LogP contribution in [0.2, 0.25) is 0 Å². The Hall–Kier alpha value is -1.55. The van der Waals surface area contributed by atoms with E-state index in [0.29, 0.717) is 13.2 Å². The number of benzene rings is 1. The molecule has 1 aromatic carbocycles. The van der Waals surface area contributed by atoms with Crippen molar-refractivity contribution in [3.63, 3.8) is 0 Å². The fourth-order valence-corrected chi connectivity index (χ4v) is 2.06. The van der Waals surface area contributed by atoms with E-state index in [1.54, 1.807) is 14.0 Å². The van der Waals surface area contributed by atoms with Gasteiger partial charge in [-0.05, 0) is 18.6 Å². The Bertz CT molecular complexity index is 414. The first kappa shape index (κ1) is 11.9. The average Bonchev–Trinajstić information content (AvgIpc) is 2.73.